The molecule has 2 aliphatic heterocycles. The van der Waals surface area contributed by atoms with Crippen molar-refractivity contribution in [1.82, 2.24) is 14.7 Å². The first-order chi connectivity index (χ1) is 17.9. The molecule has 1 N–H and O–H groups in total. The molecule has 1 unspecified atom stereocenters. The van der Waals surface area contributed by atoms with Gasteiger partial charge in [-0.25, -0.2) is 9.18 Å². The van der Waals surface area contributed by atoms with Crippen molar-refractivity contribution < 1.29 is 14.0 Å². The molecule has 194 valence electrons. The van der Waals surface area contributed by atoms with Crippen LogP contribution in [0, 0.1) is 5.82 Å². The Balaban J connectivity index is 1.16. The number of hydrogen-bond acceptors (Lipinski definition) is 4. The smallest absolute Gasteiger partial charge is 0.321 e. The van der Waals surface area contributed by atoms with E-state index in [2.05, 4.69) is 21.7 Å². The molecule has 0 aliphatic carbocycles. The number of nitrogens with one attached hydrogen (secondary N) is 1. The lowest BCUT2D eigenvalue weighted by atomic mass is 9.93. The van der Waals surface area contributed by atoms with Gasteiger partial charge in [-0.1, -0.05) is 35.3 Å². The van der Waals surface area contributed by atoms with Gasteiger partial charge in [0.15, 0.2) is 0 Å². The molecule has 3 heterocycles. The van der Waals surface area contributed by atoms with Crippen molar-refractivity contribution in [3.63, 3.8) is 0 Å². The molecule has 0 spiro atoms. The van der Waals surface area contributed by atoms with Crippen molar-refractivity contribution in [2.24, 2.45) is 0 Å². The fraction of sp³-hybridized carbons (Fsp3) is 0.333. The van der Waals surface area contributed by atoms with Crippen LogP contribution in [0.5, 0.6) is 0 Å². The fourth-order valence-corrected chi connectivity index (χ4v) is 6.21. The van der Waals surface area contributed by atoms with E-state index in [1.165, 1.54) is 16.5 Å². The average molecular weight is 562 g/mol. The van der Waals surface area contributed by atoms with E-state index in [1.54, 1.807) is 46.6 Å². The second-order valence-corrected chi connectivity index (χ2v) is 11.0. The van der Waals surface area contributed by atoms with Crippen molar-refractivity contribution in [3.8, 4) is 0 Å². The Labute approximate surface area is 229 Å². The van der Waals surface area contributed by atoms with Crippen LogP contribution in [0.1, 0.15) is 28.5 Å². The summed E-state index contributed by atoms with van der Waals surface area (Å²) in [5, 5.41) is 5.72. The molecule has 37 heavy (non-hydrogen) atoms. The van der Waals surface area contributed by atoms with E-state index in [4.69, 9.17) is 23.2 Å². The van der Waals surface area contributed by atoms with Crippen molar-refractivity contribution in [2.45, 2.75) is 18.9 Å². The number of benzene rings is 2. The molecule has 2 aliphatic rings. The first-order valence-electron chi connectivity index (χ1n) is 12.2. The highest BCUT2D eigenvalue weighted by atomic mass is 35.5. The number of urea groups is 1. The van der Waals surface area contributed by atoms with Gasteiger partial charge in [0.1, 0.15) is 5.82 Å². The molecule has 0 radical (unpaired) electrons. The van der Waals surface area contributed by atoms with Gasteiger partial charge < -0.3 is 15.1 Å². The monoisotopic (exact) mass is 560 g/mol. The van der Waals surface area contributed by atoms with Gasteiger partial charge in [-0.15, -0.1) is 11.3 Å². The lowest BCUT2D eigenvalue weighted by Gasteiger charge is -2.38. The molecule has 1 fully saturated rings. The number of amides is 3. The summed E-state index contributed by atoms with van der Waals surface area (Å²) >= 11 is 13.7. The van der Waals surface area contributed by atoms with Gasteiger partial charge in [0, 0.05) is 56.3 Å². The van der Waals surface area contributed by atoms with Gasteiger partial charge in [0.2, 0.25) is 5.91 Å². The molecule has 2 aromatic carbocycles. The van der Waals surface area contributed by atoms with E-state index < -0.39 is 0 Å². The standard InChI is InChI=1S/C27H27Cl2FN4O2S/c28-22-5-4-20(17-23(22)29)31-27(36)34-13-11-32(12-14-34)25(35)7-10-33-9-6-24-21(8-15-37-24)26(33)18-2-1-3-19(30)16-18/h1-5,8,15-17,26H,6-7,9-14H2,(H,31,36). The number of thiophene rings is 1. The van der Waals surface area contributed by atoms with Crippen LogP contribution in [-0.4, -0.2) is 65.9 Å². The normalized spacial score (nSPS) is 18.0. The lowest BCUT2D eigenvalue weighted by Crippen LogP contribution is -2.52. The molecular formula is C27H27Cl2FN4O2S. The number of nitrogens with zero attached hydrogens (tertiary/aromatic N) is 3. The lowest BCUT2D eigenvalue weighted by molar-refractivity contribution is -0.133. The SMILES string of the molecule is O=C(CCN1CCc2sccc2C1c1cccc(F)c1)N1CCN(C(=O)Nc2ccc(Cl)c(Cl)c2)CC1. The third-order valence-electron chi connectivity index (χ3n) is 6.93. The van der Waals surface area contributed by atoms with Crippen LogP contribution in [0.25, 0.3) is 0 Å². The molecule has 6 nitrogen and oxygen atoms in total. The maximum Gasteiger partial charge on any atom is 0.321 e. The minimum atomic E-state index is -0.253. The maximum atomic E-state index is 14.0. The summed E-state index contributed by atoms with van der Waals surface area (Å²) in [5.74, 6) is -0.185. The van der Waals surface area contributed by atoms with Crippen LogP contribution in [0.2, 0.25) is 10.0 Å². The molecular weight excluding hydrogens is 534 g/mol. The number of carbonyl (C=O) groups excluding carboxylic acids is 2. The van der Waals surface area contributed by atoms with Crippen molar-refractivity contribution in [1.29, 1.82) is 0 Å². The Hall–Kier alpha value is -2.65. The molecule has 10 heteroatoms. The molecule has 1 saturated heterocycles. The highest BCUT2D eigenvalue weighted by Gasteiger charge is 2.31. The Bertz CT molecular complexity index is 1290. The summed E-state index contributed by atoms with van der Waals surface area (Å²) in [7, 11) is 0. The fourth-order valence-electron chi connectivity index (χ4n) is 5.01. The van der Waals surface area contributed by atoms with Crippen LogP contribution in [0.4, 0.5) is 14.9 Å². The third kappa shape index (κ3) is 5.93. The van der Waals surface area contributed by atoms with Gasteiger partial charge >= 0.3 is 6.03 Å². The summed E-state index contributed by atoms with van der Waals surface area (Å²) in [4.78, 5) is 32.8. The number of rotatable bonds is 5. The highest BCUT2D eigenvalue weighted by molar-refractivity contribution is 7.10. The zero-order valence-electron chi connectivity index (χ0n) is 20.1. The summed E-state index contributed by atoms with van der Waals surface area (Å²) < 4.78 is 14.0. The largest absolute Gasteiger partial charge is 0.339 e. The number of anilines is 1. The zero-order chi connectivity index (χ0) is 25.9. The maximum absolute atomic E-state index is 14.0. The van der Waals surface area contributed by atoms with Crippen LogP contribution in [0.3, 0.4) is 0 Å². The summed E-state index contributed by atoms with van der Waals surface area (Å²) in [5.41, 5.74) is 2.69. The van der Waals surface area contributed by atoms with Gasteiger partial charge in [-0.2, -0.15) is 0 Å². The van der Waals surface area contributed by atoms with Crippen LogP contribution in [0.15, 0.2) is 53.9 Å². The second-order valence-electron chi connectivity index (χ2n) is 9.22. The zero-order valence-corrected chi connectivity index (χ0v) is 22.5. The van der Waals surface area contributed by atoms with Gasteiger partial charge in [-0.05, 0) is 59.3 Å². The molecule has 1 atom stereocenters. The van der Waals surface area contributed by atoms with E-state index in [-0.39, 0.29) is 23.8 Å². The van der Waals surface area contributed by atoms with Crippen molar-refractivity contribution in [2.75, 3.05) is 44.6 Å². The van der Waals surface area contributed by atoms with Crippen LogP contribution < -0.4 is 5.32 Å². The molecule has 3 aromatic rings. The van der Waals surface area contributed by atoms with Gasteiger partial charge in [0.25, 0.3) is 0 Å². The van der Waals surface area contributed by atoms with Crippen molar-refractivity contribution in [3.05, 3.63) is 85.8 Å². The predicted octanol–water partition coefficient (Wildman–Crippen LogP) is 5.91. The van der Waals surface area contributed by atoms with E-state index in [9.17, 15) is 14.0 Å². The van der Waals surface area contributed by atoms with Gasteiger partial charge in [-0.3, -0.25) is 9.69 Å². The minimum absolute atomic E-state index is 0.0552. The molecule has 0 bridgehead atoms. The molecule has 3 amide bonds. The topological polar surface area (TPSA) is 55.9 Å². The van der Waals surface area contributed by atoms with E-state index in [1.807, 2.05) is 11.0 Å². The number of halogens is 3. The number of piperazine rings is 1. The number of hydrogen-bond donors (Lipinski definition) is 1. The average Bonchev–Trinajstić information content (AvgIpc) is 3.38. The minimum Gasteiger partial charge on any atom is -0.339 e. The van der Waals surface area contributed by atoms with Crippen molar-refractivity contribution >= 4 is 52.2 Å². The molecule has 1 aromatic heterocycles. The summed E-state index contributed by atoms with van der Waals surface area (Å²) in [6.45, 7) is 3.28. The number of fused-ring (bicyclic) bond motifs is 1. The number of carbonyl (C=O) groups is 2. The quantitative estimate of drug-likeness (QED) is 0.422. The molecule has 5 rings (SSSR count). The van der Waals surface area contributed by atoms with Crippen LogP contribution in [-0.2, 0) is 11.2 Å². The Morgan fingerprint density at radius 2 is 1.76 bits per heavy atom. The Morgan fingerprint density at radius 3 is 2.51 bits per heavy atom. The van der Waals surface area contributed by atoms with E-state index in [0.717, 1.165) is 18.5 Å². The van der Waals surface area contributed by atoms with E-state index >= 15 is 0 Å². The second kappa shape index (κ2) is 11.4. The predicted molar refractivity (Wildman–Crippen MR) is 146 cm³/mol. The first-order valence-corrected chi connectivity index (χ1v) is 13.9. The highest BCUT2D eigenvalue weighted by Crippen LogP contribution is 2.38. The Kier molecular flexibility index (Phi) is 8.00. The third-order valence-corrected chi connectivity index (χ3v) is 8.67. The Morgan fingerprint density at radius 1 is 0.973 bits per heavy atom. The van der Waals surface area contributed by atoms with Crippen LogP contribution >= 0.6 is 34.5 Å². The molecule has 0 saturated carbocycles. The summed E-state index contributed by atoms with van der Waals surface area (Å²) in [6, 6.07) is 13.5. The van der Waals surface area contributed by atoms with Gasteiger partial charge in [0.05, 0.1) is 16.1 Å². The van der Waals surface area contributed by atoms with E-state index in [0.29, 0.717) is 54.9 Å². The first kappa shape index (κ1) is 26.0. The summed E-state index contributed by atoms with van der Waals surface area (Å²) in [6.07, 6.45) is 1.31.